The molecule has 11 heavy (non-hydrogen) atoms. The Morgan fingerprint density at radius 3 is 2.91 bits per heavy atom. The number of furan rings is 1. The third-order valence-electron chi connectivity index (χ3n) is 1.17. The van der Waals surface area contributed by atoms with Crippen molar-refractivity contribution in [2.24, 2.45) is 5.16 Å². The number of hydrogen-bond acceptors (Lipinski definition) is 3. The van der Waals surface area contributed by atoms with Crippen LogP contribution in [0.3, 0.4) is 0 Å². The second-order valence-electron chi connectivity index (χ2n) is 2.07. The topological polar surface area (TPSA) is 45.7 Å². The van der Waals surface area contributed by atoms with Crippen LogP contribution in [0.4, 0.5) is 0 Å². The summed E-state index contributed by atoms with van der Waals surface area (Å²) in [4.78, 5) is 0. The van der Waals surface area contributed by atoms with E-state index in [-0.39, 0.29) is 0 Å². The molecule has 0 aliphatic carbocycles. The minimum atomic E-state index is 0.752. The van der Waals surface area contributed by atoms with Crippen LogP contribution in [0.1, 0.15) is 11.5 Å². The molecular formula is C8H9NO2. The first kappa shape index (κ1) is 7.60. The zero-order valence-electron chi connectivity index (χ0n) is 6.19. The van der Waals surface area contributed by atoms with Gasteiger partial charge in [-0.3, -0.25) is 0 Å². The van der Waals surface area contributed by atoms with Crippen molar-refractivity contribution in [2.45, 2.75) is 6.92 Å². The van der Waals surface area contributed by atoms with E-state index >= 15 is 0 Å². The molecule has 0 saturated heterocycles. The predicted octanol–water partition coefficient (Wildman–Crippen LogP) is 2.06. The number of hydrogen-bond donors (Lipinski definition) is 1. The van der Waals surface area contributed by atoms with Crippen LogP contribution in [-0.4, -0.2) is 11.4 Å². The summed E-state index contributed by atoms with van der Waals surface area (Å²) in [6.07, 6.45) is 4.59. The summed E-state index contributed by atoms with van der Waals surface area (Å²) in [6, 6.07) is 3.72. The quantitative estimate of drug-likeness (QED) is 0.399. The number of aryl methyl sites for hydroxylation is 1. The lowest BCUT2D eigenvalue weighted by Gasteiger charge is -1.81. The van der Waals surface area contributed by atoms with Gasteiger partial charge < -0.3 is 9.62 Å². The van der Waals surface area contributed by atoms with Gasteiger partial charge in [-0.1, -0.05) is 5.16 Å². The highest BCUT2D eigenvalue weighted by atomic mass is 16.4. The third-order valence-corrected chi connectivity index (χ3v) is 1.17. The Morgan fingerprint density at radius 2 is 2.36 bits per heavy atom. The van der Waals surface area contributed by atoms with Gasteiger partial charge in [-0.15, -0.1) is 0 Å². The minimum absolute atomic E-state index is 0.752. The summed E-state index contributed by atoms with van der Waals surface area (Å²) in [5.74, 6) is 1.62. The first-order valence-corrected chi connectivity index (χ1v) is 3.23. The second-order valence-corrected chi connectivity index (χ2v) is 2.07. The van der Waals surface area contributed by atoms with E-state index in [1.54, 1.807) is 12.2 Å². The Labute approximate surface area is 64.6 Å². The van der Waals surface area contributed by atoms with Gasteiger partial charge in [-0.2, -0.15) is 0 Å². The van der Waals surface area contributed by atoms with Gasteiger partial charge in [0.05, 0.1) is 6.21 Å². The zero-order chi connectivity index (χ0) is 8.10. The lowest BCUT2D eigenvalue weighted by Crippen LogP contribution is -1.64. The van der Waals surface area contributed by atoms with Crippen molar-refractivity contribution in [3.8, 4) is 0 Å². The molecule has 1 rings (SSSR count). The molecule has 1 heterocycles. The van der Waals surface area contributed by atoms with E-state index in [1.165, 1.54) is 6.21 Å². The molecule has 0 aromatic carbocycles. The fourth-order valence-electron chi connectivity index (χ4n) is 0.719. The maximum atomic E-state index is 8.04. The van der Waals surface area contributed by atoms with E-state index < -0.39 is 0 Å². The van der Waals surface area contributed by atoms with E-state index in [0.717, 1.165) is 11.5 Å². The molecule has 0 fully saturated rings. The van der Waals surface area contributed by atoms with Crippen LogP contribution in [-0.2, 0) is 0 Å². The van der Waals surface area contributed by atoms with Crippen LogP contribution in [0.2, 0.25) is 0 Å². The van der Waals surface area contributed by atoms with Crippen LogP contribution in [0.15, 0.2) is 27.8 Å². The molecule has 0 aliphatic heterocycles. The van der Waals surface area contributed by atoms with E-state index in [4.69, 9.17) is 9.62 Å². The van der Waals surface area contributed by atoms with Gasteiger partial charge in [0, 0.05) is 0 Å². The van der Waals surface area contributed by atoms with Crippen molar-refractivity contribution in [2.75, 3.05) is 0 Å². The molecule has 0 saturated carbocycles. The van der Waals surface area contributed by atoms with E-state index in [2.05, 4.69) is 5.16 Å². The zero-order valence-corrected chi connectivity index (χ0v) is 6.19. The molecule has 0 unspecified atom stereocenters. The van der Waals surface area contributed by atoms with Gasteiger partial charge in [0.25, 0.3) is 0 Å². The van der Waals surface area contributed by atoms with Crippen molar-refractivity contribution in [3.63, 3.8) is 0 Å². The normalized spacial score (nSPS) is 11.7. The van der Waals surface area contributed by atoms with Gasteiger partial charge in [0.15, 0.2) is 0 Å². The van der Waals surface area contributed by atoms with Crippen molar-refractivity contribution in [1.82, 2.24) is 0 Å². The molecule has 0 spiro atoms. The van der Waals surface area contributed by atoms with Crippen molar-refractivity contribution in [3.05, 3.63) is 29.7 Å². The average Bonchev–Trinajstić information content (AvgIpc) is 2.37. The molecule has 0 atom stereocenters. The Balaban J connectivity index is 2.64. The molecule has 58 valence electrons. The summed E-state index contributed by atoms with van der Waals surface area (Å²) >= 11 is 0. The van der Waals surface area contributed by atoms with E-state index in [1.807, 2.05) is 19.1 Å². The second kappa shape index (κ2) is 3.61. The molecule has 1 aromatic rings. The summed E-state index contributed by atoms with van der Waals surface area (Å²) < 4.78 is 5.20. The van der Waals surface area contributed by atoms with Gasteiger partial charge >= 0.3 is 0 Å². The highest BCUT2D eigenvalue weighted by Crippen LogP contribution is 2.06. The fourth-order valence-corrected chi connectivity index (χ4v) is 0.719. The molecule has 0 amide bonds. The van der Waals surface area contributed by atoms with Gasteiger partial charge in [0.1, 0.15) is 11.5 Å². The maximum absolute atomic E-state index is 8.04. The molecule has 1 N–H and O–H groups in total. The average molecular weight is 151 g/mol. The van der Waals surface area contributed by atoms with Crippen molar-refractivity contribution >= 4 is 12.3 Å². The molecule has 1 aromatic heterocycles. The highest BCUT2D eigenvalue weighted by molar-refractivity contribution is 5.76. The lowest BCUT2D eigenvalue weighted by atomic mass is 10.4. The number of rotatable bonds is 2. The van der Waals surface area contributed by atoms with Gasteiger partial charge in [-0.25, -0.2) is 0 Å². The van der Waals surface area contributed by atoms with Crippen LogP contribution in [0, 0.1) is 6.92 Å². The molecule has 3 heteroatoms. The van der Waals surface area contributed by atoms with Gasteiger partial charge in [0.2, 0.25) is 0 Å². The Morgan fingerprint density at radius 1 is 1.55 bits per heavy atom. The Kier molecular flexibility index (Phi) is 2.49. The van der Waals surface area contributed by atoms with E-state index in [0.29, 0.717) is 0 Å². The lowest BCUT2D eigenvalue weighted by molar-refractivity contribution is 0.322. The summed E-state index contributed by atoms with van der Waals surface area (Å²) in [6.45, 7) is 1.87. The van der Waals surface area contributed by atoms with Crippen LogP contribution in [0.25, 0.3) is 6.08 Å². The SMILES string of the molecule is Cc1ccc(C=CC=NO)o1. The molecule has 3 nitrogen and oxygen atoms in total. The predicted molar refractivity (Wildman–Crippen MR) is 42.8 cm³/mol. The van der Waals surface area contributed by atoms with Crippen LogP contribution >= 0.6 is 0 Å². The number of allylic oxidation sites excluding steroid dienone is 1. The number of oxime groups is 1. The van der Waals surface area contributed by atoms with Crippen molar-refractivity contribution in [1.29, 1.82) is 0 Å². The Hall–Kier alpha value is -1.51. The van der Waals surface area contributed by atoms with Crippen molar-refractivity contribution < 1.29 is 9.62 Å². The smallest absolute Gasteiger partial charge is 0.127 e. The fraction of sp³-hybridized carbons (Fsp3) is 0.125. The molecule has 0 aliphatic rings. The minimum Gasteiger partial charge on any atom is -0.462 e. The highest BCUT2D eigenvalue weighted by Gasteiger charge is 1.90. The monoisotopic (exact) mass is 151 g/mol. The number of nitrogens with zero attached hydrogens (tertiary/aromatic N) is 1. The first-order chi connectivity index (χ1) is 5.33. The van der Waals surface area contributed by atoms with Gasteiger partial charge in [-0.05, 0) is 31.2 Å². The van der Waals surface area contributed by atoms with Crippen LogP contribution < -0.4 is 0 Å². The summed E-state index contributed by atoms with van der Waals surface area (Å²) in [5.41, 5.74) is 0. The first-order valence-electron chi connectivity index (χ1n) is 3.23. The molecule has 0 radical (unpaired) electrons. The molecule has 0 bridgehead atoms. The van der Waals surface area contributed by atoms with E-state index in [9.17, 15) is 0 Å². The summed E-state index contributed by atoms with van der Waals surface area (Å²) in [7, 11) is 0. The standard InChI is InChI=1S/C8H9NO2/c1-7-4-5-8(11-7)3-2-6-9-10/h2-6,10H,1H3. The molecular weight excluding hydrogens is 142 g/mol. The summed E-state index contributed by atoms with van der Waals surface area (Å²) in [5, 5.41) is 10.8. The largest absolute Gasteiger partial charge is 0.462 e. The Bertz CT molecular complexity index is 273. The maximum Gasteiger partial charge on any atom is 0.127 e. The third kappa shape index (κ3) is 2.29. The van der Waals surface area contributed by atoms with Crippen LogP contribution in [0.5, 0.6) is 0 Å².